The van der Waals surface area contributed by atoms with E-state index < -0.39 is 23.8 Å². The summed E-state index contributed by atoms with van der Waals surface area (Å²) in [6, 6.07) is 3.67. The number of amides is 2. The van der Waals surface area contributed by atoms with Gasteiger partial charge in [0.1, 0.15) is 11.5 Å². The second kappa shape index (κ2) is 7.19. The molecule has 1 aliphatic heterocycles. The van der Waals surface area contributed by atoms with Crippen molar-refractivity contribution in [2.24, 2.45) is 5.10 Å². The van der Waals surface area contributed by atoms with Crippen molar-refractivity contribution in [2.75, 3.05) is 5.32 Å². The van der Waals surface area contributed by atoms with Crippen LogP contribution in [0.25, 0.3) is 0 Å². The lowest BCUT2D eigenvalue weighted by atomic mass is 10.2. The standard InChI is InChI=1S/C14H13ClFN3O4/c1-7(23-14(22)11-4-5-12(20)19-18-11)13(21)17-8-2-3-10(16)9(15)6-8/h2-3,6-7H,4-5H2,1H3,(H,17,21)(H,19,20)/t7-/m1/s1. The first-order chi connectivity index (χ1) is 10.9. The second-order valence-electron chi connectivity index (χ2n) is 4.76. The van der Waals surface area contributed by atoms with Crippen LogP contribution in [0, 0.1) is 5.82 Å². The fourth-order valence-electron chi connectivity index (χ4n) is 1.72. The van der Waals surface area contributed by atoms with Gasteiger partial charge < -0.3 is 10.1 Å². The molecule has 23 heavy (non-hydrogen) atoms. The van der Waals surface area contributed by atoms with Crippen LogP contribution in [0.2, 0.25) is 5.02 Å². The third-order valence-corrected chi connectivity index (χ3v) is 3.27. The number of nitrogens with zero attached hydrogens (tertiary/aromatic N) is 1. The van der Waals surface area contributed by atoms with Gasteiger partial charge in [0.15, 0.2) is 6.10 Å². The lowest BCUT2D eigenvalue weighted by Gasteiger charge is -2.16. The van der Waals surface area contributed by atoms with Gasteiger partial charge in [0.25, 0.3) is 5.91 Å². The fourth-order valence-corrected chi connectivity index (χ4v) is 1.90. The molecule has 1 atom stereocenters. The number of anilines is 1. The van der Waals surface area contributed by atoms with Crippen LogP contribution >= 0.6 is 11.6 Å². The number of hydrazone groups is 1. The maximum atomic E-state index is 13.0. The zero-order chi connectivity index (χ0) is 17.0. The average Bonchev–Trinajstić information content (AvgIpc) is 2.51. The van der Waals surface area contributed by atoms with Gasteiger partial charge >= 0.3 is 5.97 Å². The van der Waals surface area contributed by atoms with Gasteiger partial charge in [-0.05, 0) is 25.1 Å². The zero-order valence-electron chi connectivity index (χ0n) is 12.1. The molecule has 0 bridgehead atoms. The van der Waals surface area contributed by atoms with Crippen LogP contribution in [-0.4, -0.2) is 29.6 Å². The lowest BCUT2D eigenvalue weighted by molar-refractivity contribution is -0.146. The van der Waals surface area contributed by atoms with E-state index in [2.05, 4.69) is 15.8 Å². The summed E-state index contributed by atoms with van der Waals surface area (Å²) < 4.78 is 18.0. The molecule has 2 rings (SSSR count). The van der Waals surface area contributed by atoms with Crippen molar-refractivity contribution in [3.63, 3.8) is 0 Å². The number of hydrogen-bond acceptors (Lipinski definition) is 5. The number of halogens is 2. The van der Waals surface area contributed by atoms with Gasteiger partial charge in [0.05, 0.1) is 5.02 Å². The minimum atomic E-state index is -1.10. The van der Waals surface area contributed by atoms with Crippen molar-refractivity contribution < 1.29 is 23.5 Å². The molecule has 1 aromatic rings. The first-order valence-electron chi connectivity index (χ1n) is 6.69. The van der Waals surface area contributed by atoms with E-state index in [1.165, 1.54) is 19.1 Å². The van der Waals surface area contributed by atoms with Crippen molar-refractivity contribution in [3.05, 3.63) is 29.0 Å². The van der Waals surface area contributed by atoms with Crippen LogP contribution < -0.4 is 10.7 Å². The van der Waals surface area contributed by atoms with Gasteiger partial charge in [-0.15, -0.1) is 0 Å². The Hall–Kier alpha value is -2.48. The number of rotatable bonds is 4. The average molecular weight is 342 g/mol. The Balaban J connectivity index is 1.93. The maximum absolute atomic E-state index is 13.0. The summed E-state index contributed by atoms with van der Waals surface area (Å²) in [4.78, 5) is 34.7. The van der Waals surface area contributed by atoms with Gasteiger partial charge in [0, 0.05) is 18.5 Å². The van der Waals surface area contributed by atoms with Gasteiger partial charge in [-0.3, -0.25) is 9.59 Å². The molecular formula is C14H13ClFN3O4. The van der Waals surface area contributed by atoms with Gasteiger partial charge in [0.2, 0.25) is 5.91 Å². The molecule has 0 saturated carbocycles. The first-order valence-corrected chi connectivity index (χ1v) is 7.07. The Morgan fingerprint density at radius 2 is 2.17 bits per heavy atom. The van der Waals surface area contributed by atoms with Crippen LogP contribution in [0.5, 0.6) is 0 Å². The van der Waals surface area contributed by atoms with E-state index in [0.717, 1.165) is 6.07 Å². The molecule has 2 N–H and O–H groups in total. The summed E-state index contributed by atoms with van der Waals surface area (Å²) in [6.45, 7) is 1.38. The normalized spacial score (nSPS) is 15.3. The maximum Gasteiger partial charge on any atom is 0.355 e. The van der Waals surface area contributed by atoms with E-state index in [4.69, 9.17) is 16.3 Å². The van der Waals surface area contributed by atoms with Crippen molar-refractivity contribution >= 4 is 40.8 Å². The third kappa shape index (κ3) is 4.49. The number of carbonyl (C=O) groups is 3. The molecule has 0 spiro atoms. The number of nitrogens with one attached hydrogen (secondary N) is 2. The number of carbonyl (C=O) groups excluding carboxylic acids is 3. The molecule has 0 fully saturated rings. The van der Waals surface area contributed by atoms with E-state index in [-0.39, 0.29) is 35.2 Å². The number of hydrogen-bond donors (Lipinski definition) is 2. The van der Waals surface area contributed by atoms with Crippen LogP contribution in [0.3, 0.4) is 0 Å². The molecule has 2 amide bonds. The fraction of sp³-hybridized carbons (Fsp3) is 0.286. The van der Waals surface area contributed by atoms with Crippen LogP contribution in [0.1, 0.15) is 19.8 Å². The molecule has 0 aromatic heterocycles. The summed E-state index contributed by atoms with van der Waals surface area (Å²) in [6.07, 6.45) is -0.832. The molecule has 0 radical (unpaired) electrons. The van der Waals surface area contributed by atoms with Crippen LogP contribution in [0.15, 0.2) is 23.3 Å². The molecule has 0 unspecified atom stereocenters. The van der Waals surface area contributed by atoms with Crippen molar-refractivity contribution in [1.29, 1.82) is 0 Å². The zero-order valence-corrected chi connectivity index (χ0v) is 12.8. The Labute approximate surface area is 135 Å². The van der Waals surface area contributed by atoms with E-state index in [1.54, 1.807) is 0 Å². The molecule has 0 saturated heterocycles. The van der Waals surface area contributed by atoms with Crippen LogP contribution in [-0.2, 0) is 19.1 Å². The van der Waals surface area contributed by atoms with Gasteiger partial charge in [-0.25, -0.2) is 14.6 Å². The van der Waals surface area contributed by atoms with E-state index in [0.29, 0.717) is 0 Å². The molecule has 122 valence electrons. The topological polar surface area (TPSA) is 96.9 Å². The summed E-state index contributed by atoms with van der Waals surface area (Å²) in [5, 5.41) is 5.89. The van der Waals surface area contributed by atoms with Crippen LogP contribution in [0.4, 0.5) is 10.1 Å². The quantitative estimate of drug-likeness (QED) is 0.813. The minimum absolute atomic E-state index is 0.0362. The summed E-state index contributed by atoms with van der Waals surface area (Å²) >= 11 is 5.61. The van der Waals surface area contributed by atoms with Crippen molar-refractivity contribution in [2.45, 2.75) is 25.9 Å². The van der Waals surface area contributed by atoms with E-state index in [9.17, 15) is 18.8 Å². The smallest absolute Gasteiger partial charge is 0.355 e. The SMILES string of the molecule is C[C@@H](OC(=O)C1=NNC(=O)CC1)C(=O)Nc1ccc(F)c(Cl)c1. The Morgan fingerprint density at radius 1 is 1.43 bits per heavy atom. The Morgan fingerprint density at radius 3 is 2.78 bits per heavy atom. The highest BCUT2D eigenvalue weighted by atomic mass is 35.5. The Kier molecular flexibility index (Phi) is 5.28. The highest BCUT2D eigenvalue weighted by molar-refractivity contribution is 6.37. The summed E-state index contributed by atoms with van der Waals surface area (Å²) in [7, 11) is 0. The number of ether oxygens (including phenoxy) is 1. The Bertz CT molecular complexity index is 693. The molecule has 1 aromatic carbocycles. The number of benzene rings is 1. The highest BCUT2D eigenvalue weighted by Crippen LogP contribution is 2.19. The molecule has 7 nitrogen and oxygen atoms in total. The van der Waals surface area contributed by atoms with Gasteiger partial charge in [-0.2, -0.15) is 5.10 Å². The summed E-state index contributed by atoms with van der Waals surface area (Å²) in [5.41, 5.74) is 2.47. The molecule has 1 heterocycles. The second-order valence-corrected chi connectivity index (χ2v) is 5.17. The monoisotopic (exact) mass is 341 g/mol. The highest BCUT2D eigenvalue weighted by Gasteiger charge is 2.24. The predicted molar refractivity (Wildman–Crippen MR) is 80.4 cm³/mol. The summed E-state index contributed by atoms with van der Waals surface area (Å²) in [5.74, 6) is -2.30. The third-order valence-electron chi connectivity index (χ3n) is 2.98. The van der Waals surface area contributed by atoms with Gasteiger partial charge in [-0.1, -0.05) is 11.6 Å². The molecular weight excluding hydrogens is 329 g/mol. The first kappa shape index (κ1) is 16.9. The minimum Gasteiger partial charge on any atom is -0.448 e. The van der Waals surface area contributed by atoms with E-state index in [1.807, 2.05) is 0 Å². The lowest BCUT2D eigenvalue weighted by Crippen LogP contribution is -2.35. The molecule has 1 aliphatic rings. The molecule has 9 heteroatoms. The largest absolute Gasteiger partial charge is 0.448 e. The van der Waals surface area contributed by atoms with Crippen molar-refractivity contribution in [3.8, 4) is 0 Å². The predicted octanol–water partition coefficient (Wildman–Crippen LogP) is 1.62. The van der Waals surface area contributed by atoms with Crippen molar-refractivity contribution in [1.82, 2.24) is 5.43 Å². The van der Waals surface area contributed by atoms with E-state index >= 15 is 0 Å². The number of esters is 1. The molecule has 0 aliphatic carbocycles.